The van der Waals surface area contributed by atoms with E-state index in [1.807, 2.05) is 18.2 Å². The molecule has 2 unspecified atom stereocenters. The van der Waals surface area contributed by atoms with Crippen molar-refractivity contribution in [3.05, 3.63) is 52.5 Å². The molecule has 2 atom stereocenters. The summed E-state index contributed by atoms with van der Waals surface area (Å²) in [4.78, 5) is 16.0. The molecule has 2 N–H and O–H groups in total. The predicted octanol–water partition coefficient (Wildman–Crippen LogP) is 3.93. The van der Waals surface area contributed by atoms with Crippen LogP contribution in [0.4, 0.5) is 5.69 Å². The van der Waals surface area contributed by atoms with E-state index in [1.165, 1.54) is 7.11 Å². The van der Waals surface area contributed by atoms with Crippen LogP contribution in [0.2, 0.25) is 5.02 Å². The molecular formula is C20H19Cl2N3O3. The molecule has 0 radical (unpaired) electrons. The molecule has 0 bridgehead atoms. The molecule has 2 aliphatic heterocycles. The fraction of sp³-hybridized carbons (Fsp3) is 0.300. The number of fused-ring (bicyclic) bond motifs is 2. The van der Waals surface area contributed by atoms with Gasteiger partial charge >= 0.3 is 5.97 Å². The number of nitrogens with zero attached hydrogens (tertiary/aromatic N) is 1. The first-order valence-corrected chi connectivity index (χ1v) is 9.68. The lowest BCUT2D eigenvalue weighted by molar-refractivity contribution is -0.141. The van der Waals surface area contributed by atoms with Crippen LogP contribution in [0.3, 0.4) is 0 Å². The molecule has 2 aromatic rings. The second-order valence-corrected chi connectivity index (χ2v) is 7.52. The predicted molar refractivity (Wildman–Crippen MR) is 109 cm³/mol. The minimum atomic E-state index is -0.234. The van der Waals surface area contributed by atoms with Gasteiger partial charge in [-0.3, -0.25) is 4.79 Å². The van der Waals surface area contributed by atoms with Gasteiger partial charge in [-0.05, 0) is 35.9 Å². The smallest absolute Gasteiger partial charge is 0.307 e. The zero-order valence-electron chi connectivity index (χ0n) is 15.2. The minimum absolute atomic E-state index is 0.00297. The summed E-state index contributed by atoms with van der Waals surface area (Å²) in [5.41, 5.74) is 2.33. The summed E-state index contributed by atoms with van der Waals surface area (Å²) >= 11 is 12.5. The summed E-state index contributed by atoms with van der Waals surface area (Å²) in [5, 5.41) is 7.76. The first kappa shape index (κ1) is 19.2. The van der Waals surface area contributed by atoms with Gasteiger partial charge in [0, 0.05) is 30.2 Å². The molecule has 0 amide bonds. The number of benzene rings is 2. The van der Waals surface area contributed by atoms with Crippen molar-refractivity contribution in [2.24, 2.45) is 4.99 Å². The third-order valence-electron chi connectivity index (χ3n) is 4.80. The topological polar surface area (TPSA) is 72.0 Å². The van der Waals surface area contributed by atoms with Gasteiger partial charge in [-0.25, -0.2) is 4.99 Å². The van der Waals surface area contributed by atoms with Crippen LogP contribution in [-0.2, 0) is 9.53 Å². The maximum Gasteiger partial charge on any atom is 0.307 e. The number of hydrogen-bond acceptors (Lipinski definition) is 6. The average molecular weight is 420 g/mol. The molecule has 1 fully saturated rings. The number of aliphatic imine (C=N–C) groups is 1. The lowest BCUT2D eigenvalue weighted by Crippen LogP contribution is -2.51. The Balaban J connectivity index is 1.61. The van der Waals surface area contributed by atoms with Crippen LogP contribution in [0.25, 0.3) is 0 Å². The SMILES string of the molecule is COC(=O)CC1CNCC(c2ccc3c(c2)C(Cl)=Nc2cc(Cl)ccc2O3)N1. The van der Waals surface area contributed by atoms with Gasteiger partial charge in [-0.15, -0.1) is 0 Å². The van der Waals surface area contributed by atoms with Gasteiger partial charge < -0.3 is 20.1 Å². The van der Waals surface area contributed by atoms with E-state index < -0.39 is 0 Å². The summed E-state index contributed by atoms with van der Waals surface area (Å²) in [6, 6.07) is 11.1. The van der Waals surface area contributed by atoms with Crippen LogP contribution in [0.15, 0.2) is 41.4 Å². The highest BCUT2D eigenvalue weighted by Gasteiger charge is 2.26. The first-order valence-electron chi connectivity index (χ1n) is 8.93. The summed E-state index contributed by atoms with van der Waals surface area (Å²) in [7, 11) is 1.40. The highest BCUT2D eigenvalue weighted by molar-refractivity contribution is 6.70. The zero-order chi connectivity index (χ0) is 19.7. The minimum Gasteiger partial charge on any atom is -0.469 e. The molecule has 0 spiro atoms. The van der Waals surface area contributed by atoms with Crippen LogP contribution in [-0.4, -0.2) is 37.4 Å². The van der Waals surface area contributed by atoms with Gasteiger partial charge in [0.05, 0.1) is 19.1 Å². The molecular weight excluding hydrogens is 401 g/mol. The molecule has 0 aliphatic carbocycles. The number of piperazine rings is 1. The van der Waals surface area contributed by atoms with Crippen molar-refractivity contribution in [3.63, 3.8) is 0 Å². The van der Waals surface area contributed by atoms with E-state index in [0.717, 1.165) is 12.1 Å². The Morgan fingerprint density at radius 3 is 2.86 bits per heavy atom. The number of carbonyl (C=O) groups is 1. The van der Waals surface area contributed by atoms with Crippen molar-refractivity contribution in [1.29, 1.82) is 0 Å². The number of hydrogen-bond donors (Lipinski definition) is 2. The molecule has 28 heavy (non-hydrogen) atoms. The lowest BCUT2D eigenvalue weighted by atomic mass is 9.99. The van der Waals surface area contributed by atoms with Crippen molar-refractivity contribution in [3.8, 4) is 11.5 Å². The van der Waals surface area contributed by atoms with Crippen molar-refractivity contribution in [1.82, 2.24) is 10.6 Å². The third-order valence-corrected chi connectivity index (χ3v) is 5.33. The normalized spacial score (nSPS) is 20.9. The van der Waals surface area contributed by atoms with Gasteiger partial charge in [0.15, 0.2) is 5.75 Å². The number of methoxy groups -OCH3 is 1. The largest absolute Gasteiger partial charge is 0.469 e. The molecule has 0 saturated carbocycles. The van der Waals surface area contributed by atoms with E-state index in [1.54, 1.807) is 18.2 Å². The van der Waals surface area contributed by atoms with Crippen LogP contribution in [0.5, 0.6) is 11.5 Å². The van der Waals surface area contributed by atoms with Crippen LogP contribution < -0.4 is 15.4 Å². The quantitative estimate of drug-likeness (QED) is 0.737. The third kappa shape index (κ3) is 4.00. The Labute approximate surface area is 172 Å². The zero-order valence-corrected chi connectivity index (χ0v) is 16.7. The average Bonchev–Trinajstić information content (AvgIpc) is 2.83. The monoisotopic (exact) mass is 419 g/mol. The van der Waals surface area contributed by atoms with E-state index in [9.17, 15) is 4.79 Å². The number of rotatable bonds is 3. The summed E-state index contributed by atoms with van der Waals surface area (Å²) in [6.45, 7) is 1.44. The van der Waals surface area contributed by atoms with Crippen molar-refractivity contribution >= 4 is 40.0 Å². The van der Waals surface area contributed by atoms with E-state index in [-0.39, 0.29) is 18.1 Å². The Morgan fingerprint density at radius 2 is 2.04 bits per heavy atom. The second-order valence-electron chi connectivity index (χ2n) is 6.73. The molecule has 2 aromatic carbocycles. The Hall–Kier alpha value is -2.12. The molecule has 1 saturated heterocycles. The number of ether oxygens (including phenoxy) is 2. The number of nitrogens with one attached hydrogen (secondary N) is 2. The maximum atomic E-state index is 11.6. The Kier molecular flexibility index (Phi) is 5.55. The number of halogens is 2. The van der Waals surface area contributed by atoms with E-state index in [0.29, 0.717) is 45.9 Å². The van der Waals surface area contributed by atoms with Gasteiger partial charge in [0.2, 0.25) is 0 Å². The highest BCUT2D eigenvalue weighted by Crippen LogP contribution is 2.40. The van der Waals surface area contributed by atoms with Gasteiger partial charge in [-0.2, -0.15) is 0 Å². The van der Waals surface area contributed by atoms with Crippen LogP contribution in [0.1, 0.15) is 23.6 Å². The molecule has 0 aromatic heterocycles. The van der Waals surface area contributed by atoms with Crippen molar-refractivity contribution in [2.75, 3.05) is 20.2 Å². The molecule has 4 rings (SSSR count). The fourth-order valence-electron chi connectivity index (χ4n) is 3.40. The molecule has 6 nitrogen and oxygen atoms in total. The van der Waals surface area contributed by atoms with Crippen LogP contribution >= 0.6 is 23.2 Å². The maximum absolute atomic E-state index is 11.6. The molecule has 2 aliphatic rings. The lowest BCUT2D eigenvalue weighted by Gasteiger charge is -2.32. The Morgan fingerprint density at radius 1 is 1.21 bits per heavy atom. The van der Waals surface area contributed by atoms with Crippen LogP contribution in [0, 0.1) is 0 Å². The Bertz CT molecular complexity index is 948. The van der Waals surface area contributed by atoms with E-state index >= 15 is 0 Å². The molecule has 8 heteroatoms. The van der Waals surface area contributed by atoms with Crippen molar-refractivity contribution in [2.45, 2.75) is 18.5 Å². The summed E-state index contributed by atoms with van der Waals surface area (Å²) in [6.07, 6.45) is 0.312. The second kappa shape index (κ2) is 8.09. The van der Waals surface area contributed by atoms with Gasteiger partial charge in [0.1, 0.15) is 16.6 Å². The molecule has 146 valence electrons. The highest BCUT2D eigenvalue weighted by atomic mass is 35.5. The van der Waals surface area contributed by atoms with Crippen molar-refractivity contribution < 1.29 is 14.3 Å². The first-order chi connectivity index (χ1) is 13.5. The molecule has 2 heterocycles. The van der Waals surface area contributed by atoms with E-state index in [4.69, 9.17) is 32.7 Å². The fourth-order valence-corrected chi connectivity index (χ4v) is 3.80. The standard InChI is InChI=1S/C20H19Cl2N3O3/c1-27-19(26)8-13-9-23-10-16(24-13)11-2-4-17-14(6-11)20(22)25-15-7-12(21)3-5-18(15)28-17/h2-7,13,16,23-24H,8-10H2,1H3. The number of esters is 1. The summed E-state index contributed by atoms with van der Waals surface area (Å²) in [5.74, 6) is 1.000. The summed E-state index contributed by atoms with van der Waals surface area (Å²) < 4.78 is 10.8. The number of carbonyl (C=O) groups excluding carboxylic acids is 1. The van der Waals surface area contributed by atoms with Gasteiger partial charge in [-0.1, -0.05) is 29.3 Å². The van der Waals surface area contributed by atoms with Gasteiger partial charge in [0.25, 0.3) is 0 Å². The van der Waals surface area contributed by atoms with E-state index in [2.05, 4.69) is 15.6 Å².